The summed E-state index contributed by atoms with van der Waals surface area (Å²) in [6.07, 6.45) is 3.38. The van der Waals surface area contributed by atoms with Crippen LogP contribution in [0, 0.1) is 6.92 Å². The van der Waals surface area contributed by atoms with Crippen LogP contribution in [0.4, 0.5) is 0 Å². The highest BCUT2D eigenvalue weighted by Gasteiger charge is 2.25. The summed E-state index contributed by atoms with van der Waals surface area (Å²) in [5.41, 5.74) is 2.39. The number of amides is 1. The molecule has 0 saturated heterocycles. The minimum absolute atomic E-state index is 0.0710. The van der Waals surface area contributed by atoms with Crippen LogP contribution in [0.25, 0.3) is 0 Å². The Morgan fingerprint density at radius 2 is 2.00 bits per heavy atom. The van der Waals surface area contributed by atoms with Crippen LogP contribution in [-0.4, -0.2) is 41.5 Å². The molecule has 0 radical (unpaired) electrons. The first-order valence-corrected chi connectivity index (χ1v) is 10.6. The molecule has 1 amide bonds. The van der Waals surface area contributed by atoms with Crippen molar-refractivity contribution in [2.75, 3.05) is 5.75 Å². The van der Waals surface area contributed by atoms with E-state index in [-0.39, 0.29) is 40.8 Å². The minimum Gasteiger partial charge on any atom is -0.349 e. The molecule has 1 aromatic carbocycles. The molecule has 8 heteroatoms. The van der Waals surface area contributed by atoms with Gasteiger partial charge in [0.05, 0.1) is 11.9 Å². The van der Waals surface area contributed by atoms with Gasteiger partial charge in [0.15, 0.2) is 5.78 Å². The number of hydrogen-bond donors (Lipinski definition) is 1. The van der Waals surface area contributed by atoms with Crippen molar-refractivity contribution < 1.29 is 18.0 Å². The van der Waals surface area contributed by atoms with Crippen LogP contribution in [0.1, 0.15) is 51.7 Å². The van der Waals surface area contributed by atoms with E-state index in [2.05, 4.69) is 10.3 Å². The van der Waals surface area contributed by atoms with E-state index < -0.39 is 9.84 Å². The number of hydrogen-bond acceptors (Lipinski definition) is 5. The number of nitrogens with one attached hydrogen (secondary N) is 1. The summed E-state index contributed by atoms with van der Waals surface area (Å²) in [6.45, 7) is 3.41. The Morgan fingerprint density at radius 1 is 1.30 bits per heavy atom. The summed E-state index contributed by atoms with van der Waals surface area (Å²) in [4.78, 5) is 28.9. The maximum atomic E-state index is 12.7. The van der Waals surface area contributed by atoms with Gasteiger partial charge in [0.2, 0.25) is 15.0 Å². The Hall–Kier alpha value is -2.48. The van der Waals surface area contributed by atoms with E-state index in [0.717, 1.165) is 24.0 Å². The number of ketones is 1. The quantitative estimate of drug-likeness (QED) is 0.729. The summed E-state index contributed by atoms with van der Waals surface area (Å²) in [5, 5.41) is 2.82. The monoisotopic (exact) mass is 389 g/mol. The van der Waals surface area contributed by atoms with Gasteiger partial charge in [-0.1, -0.05) is 13.0 Å². The third-order valence-electron chi connectivity index (χ3n) is 4.76. The topological polar surface area (TPSA) is 98.1 Å². The zero-order chi connectivity index (χ0) is 19.8. The Bertz CT molecular complexity index is 1000. The first-order chi connectivity index (χ1) is 12.7. The summed E-state index contributed by atoms with van der Waals surface area (Å²) < 4.78 is 25.4. The van der Waals surface area contributed by atoms with Gasteiger partial charge in [0, 0.05) is 25.1 Å². The Balaban J connectivity index is 1.83. The lowest BCUT2D eigenvalue weighted by molar-refractivity contribution is 0.0947. The molecule has 0 bridgehead atoms. The van der Waals surface area contributed by atoms with Crippen molar-refractivity contribution in [3.05, 3.63) is 46.8 Å². The first-order valence-electron chi connectivity index (χ1n) is 8.91. The molecular weight excluding hydrogens is 366 g/mol. The van der Waals surface area contributed by atoms with E-state index in [1.54, 1.807) is 12.1 Å². The van der Waals surface area contributed by atoms with Gasteiger partial charge in [-0.3, -0.25) is 9.59 Å². The Kier molecular flexibility index (Phi) is 5.19. The Labute approximate surface area is 158 Å². The molecule has 1 aliphatic carbocycles. The van der Waals surface area contributed by atoms with Crippen LogP contribution in [0.15, 0.2) is 29.6 Å². The van der Waals surface area contributed by atoms with Crippen molar-refractivity contribution in [1.82, 2.24) is 14.9 Å². The second-order valence-electron chi connectivity index (χ2n) is 6.88. The van der Waals surface area contributed by atoms with E-state index in [1.165, 1.54) is 24.7 Å². The summed E-state index contributed by atoms with van der Waals surface area (Å²) in [5.74, 6) is -0.462. The van der Waals surface area contributed by atoms with Gasteiger partial charge in [-0.05, 0) is 43.0 Å². The van der Waals surface area contributed by atoms with Gasteiger partial charge in [-0.15, -0.1) is 0 Å². The highest BCUT2D eigenvalue weighted by atomic mass is 32.2. The number of Topliss-reactive ketones (excluding diaryl/α,β-unsaturated/α-hetero) is 1. The maximum Gasteiger partial charge on any atom is 0.251 e. The standard InChI is InChI=1S/C19H23N3O4S/c1-4-27(25,26)19-20-11-16(22(19)3)17(23)10-14-9-13(6-5-12(14)2)18(24)21-15-7-8-15/h5-6,9,11,15H,4,7-8,10H2,1-3H3,(H,21,24). The largest absolute Gasteiger partial charge is 0.349 e. The van der Waals surface area contributed by atoms with Gasteiger partial charge >= 0.3 is 0 Å². The number of benzene rings is 1. The van der Waals surface area contributed by atoms with Crippen LogP contribution in [0.3, 0.4) is 0 Å². The lowest BCUT2D eigenvalue weighted by Gasteiger charge is -2.10. The van der Waals surface area contributed by atoms with Crippen molar-refractivity contribution in [3.8, 4) is 0 Å². The molecule has 3 rings (SSSR count). The minimum atomic E-state index is -3.50. The summed E-state index contributed by atoms with van der Waals surface area (Å²) in [6, 6.07) is 5.56. The molecular formula is C19H23N3O4S. The van der Waals surface area contributed by atoms with Crippen LogP contribution < -0.4 is 5.32 Å². The molecule has 0 aliphatic heterocycles. The van der Waals surface area contributed by atoms with Gasteiger partial charge in [-0.2, -0.15) is 0 Å². The molecule has 1 N–H and O–H groups in total. The number of aromatic nitrogens is 2. The average Bonchev–Trinajstić information content (AvgIpc) is 3.35. The van der Waals surface area contributed by atoms with Crippen LogP contribution in [0.2, 0.25) is 0 Å². The second-order valence-corrected chi connectivity index (χ2v) is 9.05. The maximum absolute atomic E-state index is 12.7. The molecule has 0 atom stereocenters. The van der Waals surface area contributed by atoms with Crippen LogP contribution in [-0.2, 0) is 23.3 Å². The van der Waals surface area contributed by atoms with Gasteiger partial charge in [-0.25, -0.2) is 13.4 Å². The summed E-state index contributed by atoms with van der Waals surface area (Å²) in [7, 11) is -1.98. The van der Waals surface area contributed by atoms with Crippen LogP contribution in [0.5, 0.6) is 0 Å². The third kappa shape index (κ3) is 4.10. The molecule has 1 saturated carbocycles. The summed E-state index contributed by atoms with van der Waals surface area (Å²) >= 11 is 0. The van der Waals surface area contributed by atoms with Crippen molar-refractivity contribution in [1.29, 1.82) is 0 Å². The normalized spacial score (nSPS) is 14.2. The van der Waals surface area contributed by atoms with E-state index in [1.807, 2.05) is 13.0 Å². The van der Waals surface area contributed by atoms with Gasteiger partial charge < -0.3 is 9.88 Å². The Morgan fingerprint density at radius 3 is 2.63 bits per heavy atom. The predicted octanol–water partition coefficient (Wildman–Crippen LogP) is 1.84. The highest BCUT2D eigenvalue weighted by molar-refractivity contribution is 7.91. The van der Waals surface area contributed by atoms with Crippen molar-refractivity contribution in [2.45, 2.75) is 44.3 Å². The molecule has 27 heavy (non-hydrogen) atoms. The number of aryl methyl sites for hydroxylation is 1. The third-order valence-corrected chi connectivity index (χ3v) is 6.46. The number of nitrogens with zero attached hydrogens (tertiary/aromatic N) is 2. The fraction of sp³-hybridized carbons (Fsp3) is 0.421. The molecule has 1 heterocycles. The number of carbonyl (C=O) groups is 2. The first kappa shape index (κ1) is 19.3. The van der Waals surface area contributed by atoms with Gasteiger partial charge in [0.1, 0.15) is 5.69 Å². The molecule has 2 aromatic rings. The number of rotatable bonds is 7. The van der Waals surface area contributed by atoms with Gasteiger partial charge in [0.25, 0.3) is 5.91 Å². The van der Waals surface area contributed by atoms with E-state index in [0.29, 0.717) is 5.56 Å². The van der Waals surface area contributed by atoms with E-state index >= 15 is 0 Å². The van der Waals surface area contributed by atoms with Crippen molar-refractivity contribution in [3.63, 3.8) is 0 Å². The van der Waals surface area contributed by atoms with Crippen molar-refractivity contribution in [2.24, 2.45) is 7.05 Å². The molecule has 1 fully saturated rings. The molecule has 1 aromatic heterocycles. The highest BCUT2D eigenvalue weighted by Crippen LogP contribution is 2.21. The smallest absolute Gasteiger partial charge is 0.251 e. The molecule has 7 nitrogen and oxygen atoms in total. The average molecular weight is 389 g/mol. The number of imidazole rings is 1. The fourth-order valence-corrected chi connectivity index (χ4v) is 3.82. The number of carbonyl (C=O) groups excluding carboxylic acids is 2. The fourth-order valence-electron chi connectivity index (χ4n) is 2.83. The predicted molar refractivity (Wildman–Crippen MR) is 101 cm³/mol. The van der Waals surface area contributed by atoms with E-state index in [4.69, 9.17) is 0 Å². The van der Waals surface area contributed by atoms with E-state index in [9.17, 15) is 18.0 Å². The SMILES string of the molecule is CCS(=O)(=O)c1ncc(C(=O)Cc2cc(C(=O)NC3CC3)ccc2C)n1C. The number of sulfone groups is 1. The zero-order valence-electron chi connectivity index (χ0n) is 15.7. The molecule has 144 valence electrons. The second kappa shape index (κ2) is 7.26. The lowest BCUT2D eigenvalue weighted by atomic mass is 9.99. The lowest BCUT2D eigenvalue weighted by Crippen LogP contribution is -2.25. The molecule has 0 unspecified atom stereocenters. The molecule has 0 spiro atoms. The zero-order valence-corrected chi connectivity index (χ0v) is 16.5. The van der Waals surface area contributed by atoms with Crippen LogP contribution >= 0.6 is 0 Å². The van der Waals surface area contributed by atoms with Crippen molar-refractivity contribution >= 4 is 21.5 Å². The molecule has 1 aliphatic rings.